The van der Waals surface area contributed by atoms with Crippen LogP contribution >= 0.6 is 10.5 Å². The van der Waals surface area contributed by atoms with E-state index >= 15 is 0 Å². The molecule has 0 aromatic heterocycles. The second-order valence-corrected chi connectivity index (χ2v) is 6.92. The maximum Gasteiger partial charge on any atom is 0.172 e. The number of hydrogen-bond acceptors (Lipinski definition) is 2. The van der Waals surface area contributed by atoms with Crippen LogP contribution in [0, 0.1) is 0 Å². The van der Waals surface area contributed by atoms with E-state index in [1.165, 1.54) is 0 Å². The highest BCUT2D eigenvalue weighted by Crippen LogP contribution is 2.38. The fourth-order valence-electron chi connectivity index (χ4n) is 2.50. The second-order valence-electron chi connectivity index (χ2n) is 4.96. The summed E-state index contributed by atoms with van der Waals surface area (Å²) in [4.78, 5) is 27.2. The molecule has 0 N–H and O–H groups in total. The third-order valence-electron chi connectivity index (χ3n) is 3.48. The van der Waals surface area contributed by atoms with E-state index in [0.29, 0.717) is 24.1 Å². The summed E-state index contributed by atoms with van der Waals surface area (Å²) in [5.41, 5.74) is 0. The largest absolute Gasteiger partial charge is 0.293 e. The fourth-order valence-corrected chi connectivity index (χ4v) is 4.77. The Morgan fingerprint density at radius 1 is 0.667 bits per heavy atom. The van der Waals surface area contributed by atoms with Gasteiger partial charge in [0.15, 0.2) is 11.6 Å². The summed E-state index contributed by atoms with van der Waals surface area (Å²) >= 11 is 0. The first-order valence-corrected chi connectivity index (χ1v) is 8.27. The molecule has 3 rings (SSSR count). The summed E-state index contributed by atoms with van der Waals surface area (Å²) in [7, 11) is -0.580. The smallest absolute Gasteiger partial charge is 0.172 e. The van der Waals surface area contributed by atoms with Gasteiger partial charge in [-0.05, 0) is 30.7 Å². The van der Waals surface area contributed by atoms with Crippen molar-refractivity contribution in [3.05, 3.63) is 60.7 Å². The van der Waals surface area contributed by atoms with Gasteiger partial charge in [0, 0.05) is 22.6 Å². The lowest BCUT2D eigenvalue weighted by molar-refractivity contribution is -0.118. The lowest BCUT2D eigenvalue weighted by Crippen LogP contribution is -2.28. The number of carbonyl (C=O) groups excluding carboxylic acids is 2. The van der Waals surface area contributed by atoms with Gasteiger partial charge in [0.2, 0.25) is 0 Å². The first-order valence-electron chi connectivity index (χ1n) is 7.05. The number of rotatable bonds is 2. The van der Waals surface area contributed by atoms with E-state index in [1.807, 2.05) is 60.7 Å². The van der Waals surface area contributed by atoms with E-state index in [9.17, 15) is 9.59 Å². The highest BCUT2D eigenvalue weighted by atomic mass is 32.2. The van der Waals surface area contributed by atoms with Gasteiger partial charge in [-0.2, -0.15) is 0 Å². The Labute approximate surface area is 126 Å². The SMILES string of the molecule is O=C1CCCC(=O)C1=S(c1ccccc1)c1ccccc1. The molecular formula is C18H16O2S. The van der Waals surface area contributed by atoms with E-state index in [-0.39, 0.29) is 11.6 Å². The molecule has 3 heteroatoms. The maximum absolute atomic E-state index is 12.3. The number of ketones is 2. The molecule has 2 aromatic rings. The van der Waals surface area contributed by atoms with Gasteiger partial charge in [0.25, 0.3) is 0 Å². The summed E-state index contributed by atoms with van der Waals surface area (Å²) in [6.07, 6.45) is 1.66. The van der Waals surface area contributed by atoms with Crippen molar-refractivity contribution in [2.45, 2.75) is 29.1 Å². The van der Waals surface area contributed by atoms with Crippen LogP contribution in [0.2, 0.25) is 0 Å². The predicted molar refractivity (Wildman–Crippen MR) is 85.9 cm³/mol. The second kappa shape index (κ2) is 6.19. The molecule has 0 spiro atoms. The summed E-state index contributed by atoms with van der Waals surface area (Å²) in [5, 5.41) is 0. The van der Waals surface area contributed by atoms with Crippen LogP contribution in [0.1, 0.15) is 19.3 Å². The highest BCUT2D eigenvalue weighted by Gasteiger charge is 2.27. The maximum atomic E-state index is 12.3. The van der Waals surface area contributed by atoms with Crippen molar-refractivity contribution >= 4 is 26.9 Å². The van der Waals surface area contributed by atoms with Crippen molar-refractivity contribution < 1.29 is 9.59 Å². The molecule has 1 aliphatic rings. The first-order chi connectivity index (χ1) is 10.3. The van der Waals surface area contributed by atoms with Gasteiger partial charge in [0.1, 0.15) is 0 Å². The highest BCUT2D eigenvalue weighted by molar-refractivity contribution is 8.18. The standard InChI is InChI=1S/C18H16O2S/c19-16-12-7-13-17(20)18(16)21(14-8-3-1-4-9-14)15-10-5-2-6-11-15/h1-6,8-11H,7,12-13H2. The molecule has 0 radical (unpaired) electrons. The molecule has 0 aliphatic heterocycles. The van der Waals surface area contributed by atoms with Crippen molar-refractivity contribution in [1.29, 1.82) is 0 Å². The molecule has 1 fully saturated rings. The van der Waals surface area contributed by atoms with Crippen LogP contribution in [0.5, 0.6) is 0 Å². The quantitative estimate of drug-likeness (QED) is 0.788. The third-order valence-corrected chi connectivity index (χ3v) is 5.83. The number of benzene rings is 2. The third kappa shape index (κ3) is 2.88. The van der Waals surface area contributed by atoms with Gasteiger partial charge < -0.3 is 0 Å². The molecule has 0 amide bonds. The van der Waals surface area contributed by atoms with Crippen molar-refractivity contribution in [2.24, 2.45) is 0 Å². The van der Waals surface area contributed by atoms with Gasteiger partial charge in [-0.3, -0.25) is 9.59 Å². The van der Waals surface area contributed by atoms with E-state index in [2.05, 4.69) is 0 Å². The predicted octanol–water partition coefficient (Wildman–Crippen LogP) is 3.87. The van der Waals surface area contributed by atoms with Crippen LogP contribution in [0.25, 0.3) is 0 Å². The van der Waals surface area contributed by atoms with Gasteiger partial charge in [-0.15, -0.1) is 10.5 Å². The van der Waals surface area contributed by atoms with Crippen LogP contribution in [0.15, 0.2) is 70.5 Å². The summed E-state index contributed by atoms with van der Waals surface area (Å²) in [6, 6.07) is 19.7. The monoisotopic (exact) mass is 296 g/mol. The summed E-state index contributed by atoms with van der Waals surface area (Å²) < 4.78 is 0. The van der Waals surface area contributed by atoms with Crippen molar-refractivity contribution in [2.75, 3.05) is 0 Å². The Morgan fingerprint density at radius 2 is 1.10 bits per heavy atom. The number of hydrogen-bond donors (Lipinski definition) is 0. The van der Waals surface area contributed by atoms with Crippen LogP contribution in [-0.2, 0) is 9.59 Å². The van der Waals surface area contributed by atoms with E-state index in [1.54, 1.807) is 0 Å². The molecule has 0 heterocycles. The molecule has 0 atom stereocenters. The lowest BCUT2D eigenvalue weighted by atomic mass is 9.98. The van der Waals surface area contributed by atoms with Crippen LogP contribution in [-0.4, -0.2) is 16.4 Å². The van der Waals surface area contributed by atoms with Crippen molar-refractivity contribution in [1.82, 2.24) is 0 Å². The van der Waals surface area contributed by atoms with Gasteiger partial charge >= 0.3 is 0 Å². The minimum absolute atomic E-state index is 0.0160. The Kier molecular flexibility index (Phi) is 4.11. The van der Waals surface area contributed by atoms with Crippen molar-refractivity contribution in [3.63, 3.8) is 0 Å². The lowest BCUT2D eigenvalue weighted by Gasteiger charge is -2.19. The molecule has 0 saturated heterocycles. The Morgan fingerprint density at radius 3 is 1.52 bits per heavy atom. The normalized spacial score (nSPS) is 15.6. The van der Waals surface area contributed by atoms with Gasteiger partial charge in [0.05, 0.1) is 4.86 Å². The molecule has 2 aromatic carbocycles. The van der Waals surface area contributed by atoms with Crippen LogP contribution < -0.4 is 0 Å². The first kappa shape index (κ1) is 14.0. The Bertz CT molecular complexity index is 643. The molecule has 2 nitrogen and oxygen atoms in total. The molecule has 1 saturated carbocycles. The Hall–Kier alpha value is -2.00. The van der Waals surface area contributed by atoms with Gasteiger partial charge in [-0.1, -0.05) is 36.4 Å². The molecule has 21 heavy (non-hydrogen) atoms. The zero-order chi connectivity index (χ0) is 14.7. The molecule has 1 aliphatic carbocycles. The minimum Gasteiger partial charge on any atom is -0.293 e. The zero-order valence-electron chi connectivity index (χ0n) is 11.6. The van der Waals surface area contributed by atoms with Crippen molar-refractivity contribution in [3.8, 4) is 0 Å². The topological polar surface area (TPSA) is 34.1 Å². The van der Waals surface area contributed by atoms with E-state index in [0.717, 1.165) is 9.79 Å². The average molecular weight is 296 g/mol. The minimum atomic E-state index is -0.580. The van der Waals surface area contributed by atoms with Gasteiger partial charge in [-0.25, -0.2) is 0 Å². The Balaban J connectivity index is 2.26. The molecule has 106 valence electrons. The average Bonchev–Trinajstić information content (AvgIpc) is 2.53. The van der Waals surface area contributed by atoms with Crippen LogP contribution in [0.4, 0.5) is 0 Å². The number of Topliss-reactive ketones (excluding diaryl/α,β-unsaturated/α-hetero) is 2. The van der Waals surface area contributed by atoms with E-state index < -0.39 is 10.5 Å². The molecule has 0 unspecified atom stereocenters. The molecular weight excluding hydrogens is 280 g/mol. The van der Waals surface area contributed by atoms with Crippen LogP contribution in [0.3, 0.4) is 0 Å². The number of carbonyl (C=O) groups is 2. The van der Waals surface area contributed by atoms with E-state index in [4.69, 9.17) is 0 Å². The zero-order valence-corrected chi connectivity index (χ0v) is 12.4. The summed E-state index contributed by atoms with van der Waals surface area (Å²) in [5.74, 6) is 0.0320. The molecule has 0 bridgehead atoms. The summed E-state index contributed by atoms with van der Waals surface area (Å²) in [6.45, 7) is 0. The fraction of sp³-hybridized carbons (Fsp3) is 0.167.